The van der Waals surface area contributed by atoms with E-state index in [0.29, 0.717) is 10.6 Å². The molecule has 5 heteroatoms. The minimum Gasteiger partial charge on any atom is -0.369 e. The average molecular weight is 346 g/mol. The summed E-state index contributed by atoms with van der Waals surface area (Å²) in [5, 5.41) is 13.2. The van der Waals surface area contributed by atoms with Crippen LogP contribution in [0.15, 0.2) is 18.2 Å². The van der Waals surface area contributed by atoms with Crippen LogP contribution >= 0.6 is 11.6 Å². The third kappa shape index (κ3) is 3.84. The lowest BCUT2D eigenvalue weighted by atomic mass is 9.88. The van der Waals surface area contributed by atoms with E-state index in [-0.39, 0.29) is 17.9 Å². The van der Waals surface area contributed by atoms with E-state index < -0.39 is 0 Å². The molecule has 1 aliphatic carbocycles. The van der Waals surface area contributed by atoms with Crippen LogP contribution in [0.5, 0.6) is 0 Å². The monoisotopic (exact) mass is 345 g/mol. The van der Waals surface area contributed by atoms with Gasteiger partial charge < -0.3 is 10.2 Å². The van der Waals surface area contributed by atoms with Crippen LogP contribution in [0.2, 0.25) is 5.02 Å². The van der Waals surface area contributed by atoms with Crippen molar-refractivity contribution in [1.82, 2.24) is 5.32 Å². The van der Waals surface area contributed by atoms with E-state index in [4.69, 9.17) is 11.6 Å². The number of halogens is 1. The zero-order valence-corrected chi connectivity index (χ0v) is 14.7. The van der Waals surface area contributed by atoms with E-state index in [1.54, 1.807) is 6.07 Å². The Hall–Kier alpha value is -1.73. The Balaban J connectivity index is 1.56. The van der Waals surface area contributed by atoms with Crippen LogP contribution in [-0.4, -0.2) is 25.0 Å². The second kappa shape index (κ2) is 7.90. The Kier molecular flexibility index (Phi) is 5.63. The second-order valence-electron chi connectivity index (χ2n) is 6.85. The van der Waals surface area contributed by atoms with E-state index in [2.05, 4.69) is 16.3 Å². The summed E-state index contributed by atoms with van der Waals surface area (Å²) in [6, 6.07) is 7.90. The lowest BCUT2D eigenvalue weighted by Gasteiger charge is -2.35. The number of hydrogen-bond acceptors (Lipinski definition) is 3. The number of nitriles is 1. The fraction of sp³-hybridized carbons (Fsp3) is 0.579. The molecular weight excluding hydrogens is 322 g/mol. The molecule has 0 bridgehead atoms. The molecular formula is C19H24ClN3O. The van der Waals surface area contributed by atoms with Crippen LogP contribution in [0.1, 0.15) is 50.5 Å². The summed E-state index contributed by atoms with van der Waals surface area (Å²) >= 11 is 6.30. The zero-order valence-electron chi connectivity index (χ0n) is 13.9. The van der Waals surface area contributed by atoms with Gasteiger partial charge in [0.2, 0.25) is 5.91 Å². The van der Waals surface area contributed by atoms with Gasteiger partial charge in [-0.1, -0.05) is 36.9 Å². The summed E-state index contributed by atoms with van der Waals surface area (Å²) in [5.74, 6) is 0.453. The van der Waals surface area contributed by atoms with Gasteiger partial charge in [-0.3, -0.25) is 4.79 Å². The summed E-state index contributed by atoms with van der Waals surface area (Å²) in [5.41, 5.74) is 1.45. The highest BCUT2D eigenvalue weighted by atomic mass is 35.5. The van der Waals surface area contributed by atoms with Gasteiger partial charge >= 0.3 is 0 Å². The van der Waals surface area contributed by atoms with Crippen molar-refractivity contribution in [2.24, 2.45) is 5.92 Å². The molecule has 1 N–H and O–H groups in total. The molecule has 1 saturated heterocycles. The van der Waals surface area contributed by atoms with Gasteiger partial charge in [0, 0.05) is 25.0 Å². The molecule has 1 aliphatic heterocycles. The van der Waals surface area contributed by atoms with Crippen molar-refractivity contribution in [2.75, 3.05) is 18.0 Å². The van der Waals surface area contributed by atoms with Gasteiger partial charge in [0.15, 0.2) is 0 Å². The number of hydrogen-bond donors (Lipinski definition) is 1. The first kappa shape index (κ1) is 17.1. The molecule has 0 spiro atoms. The van der Waals surface area contributed by atoms with Gasteiger partial charge in [-0.15, -0.1) is 0 Å². The number of carbonyl (C=O) groups excluding carboxylic acids is 1. The number of rotatable bonds is 3. The number of para-hydroxylation sites is 1. The number of nitrogens with one attached hydrogen (secondary N) is 1. The third-order valence-electron chi connectivity index (χ3n) is 5.24. The van der Waals surface area contributed by atoms with Gasteiger partial charge in [-0.05, 0) is 37.8 Å². The predicted octanol–water partition coefficient (Wildman–Crippen LogP) is 3.88. The van der Waals surface area contributed by atoms with Gasteiger partial charge in [-0.25, -0.2) is 0 Å². The van der Waals surface area contributed by atoms with E-state index >= 15 is 0 Å². The molecule has 1 saturated carbocycles. The van der Waals surface area contributed by atoms with Crippen molar-refractivity contribution in [2.45, 2.75) is 51.0 Å². The van der Waals surface area contributed by atoms with Gasteiger partial charge in [0.1, 0.15) is 6.07 Å². The number of anilines is 1. The van der Waals surface area contributed by atoms with Crippen molar-refractivity contribution >= 4 is 23.2 Å². The van der Waals surface area contributed by atoms with E-state index in [1.807, 2.05) is 12.1 Å². The van der Waals surface area contributed by atoms with Crippen LogP contribution in [-0.2, 0) is 4.79 Å². The summed E-state index contributed by atoms with van der Waals surface area (Å²) in [6.07, 6.45) is 7.50. The minimum absolute atomic E-state index is 0.213. The molecule has 3 rings (SSSR count). The summed E-state index contributed by atoms with van der Waals surface area (Å²) in [7, 11) is 0. The normalized spacial score (nSPS) is 19.8. The first-order valence-corrected chi connectivity index (χ1v) is 9.31. The Morgan fingerprint density at radius 3 is 2.54 bits per heavy atom. The molecule has 2 fully saturated rings. The minimum atomic E-state index is 0.213. The molecule has 1 heterocycles. The van der Waals surface area contributed by atoms with Crippen molar-refractivity contribution in [3.8, 4) is 6.07 Å². The molecule has 1 amide bonds. The smallest absolute Gasteiger partial charge is 0.223 e. The van der Waals surface area contributed by atoms with E-state index in [0.717, 1.165) is 44.5 Å². The lowest BCUT2D eigenvalue weighted by molar-refractivity contribution is -0.126. The number of amides is 1. The first-order chi connectivity index (χ1) is 11.7. The highest BCUT2D eigenvalue weighted by molar-refractivity contribution is 6.33. The standard InChI is InChI=1S/C19H24ClN3O/c20-17-8-4-7-15(13-21)18(17)23-11-9-16(10-12-23)22-19(24)14-5-2-1-3-6-14/h4,7-8,14,16H,1-3,5-6,9-12H2,(H,22,24). The predicted molar refractivity (Wildman–Crippen MR) is 96.1 cm³/mol. The average Bonchev–Trinajstić information content (AvgIpc) is 2.63. The van der Waals surface area contributed by atoms with Crippen LogP contribution < -0.4 is 10.2 Å². The highest BCUT2D eigenvalue weighted by Crippen LogP contribution is 2.32. The van der Waals surface area contributed by atoms with Crippen LogP contribution in [0.4, 0.5) is 5.69 Å². The maximum Gasteiger partial charge on any atom is 0.223 e. The molecule has 128 valence electrons. The fourth-order valence-corrected chi connectivity index (χ4v) is 4.15. The van der Waals surface area contributed by atoms with Crippen LogP contribution in [0, 0.1) is 17.2 Å². The van der Waals surface area contributed by atoms with Crippen molar-refractivity contribution < 1.29 is 4.79 Å². The number of benzene rings is 1. The van der Waals surface area contributed by atoms with Gasteiger partial charge in [-0.2, -0.15) is 5.26 Å². The first-order valence-electron chi connectivity index (χ1n) is 8.93. The molecule has 1 aromatic rings. The molecule has 0 aromatic heterocycles. The second-order valence-corrected chi connectivity index (χ2v) is 7.26. The topological polar surface area (TPSA) is 56.1 Å². The SMILES string of the molecule is N#Cc1cccc(Cl)c1N1CCC(NC(=O)C2CCCCC2)CC1. The Morgan fingerprint density at radius 2 is 1.88 bits per heavy atom. The van der Waals surface area contributed by atoms with Gasteiger partial charge in [0.25, 0.3) is 0 Å². The number of piperidine rings is 1. The van der Waals surface area contributed by atoms with E-state index in [9.17, 15) is 10.1 Å². The highest BCUT2D eigenvalue weighted by Gasteiger charge is 2.27. The van der Waals surface area contributed by atoms with Crippen molar-refractivity contribution in [3.05, 3.63) is 28.8 Å². The maximum absolute atomic E-state index is 12.4. The molecule has 4 nitrogen and oxygen atoms in total. The number of nitrogens with zero attached hydrogens (tertiary/aromatic N) is 2. The van der Waals surface area contributed by atoms with Crippen LogP contribution in [0.3, 0.4) is 0 Å². The van der Waals surface area contributed by atoms with Gasteiger partial charge in [0.05, 0.1) is 16.3 Å². The third-order valence-corrected chi connectivity index (χ3v) is 5.55. The Bertz CT molecular complexity index is 626. The fourth-order valence-electron chi connectivity index (χ4n) is 3.86. The lowest BCUT2D eigenvalue weighted by Crippen LogP contribution is -2.46. The molecule has 0 radical (unpaired) electrons. The molecule has 2 aliphatic rings. The molecule has 24 heavy (non-hydrogen) atoms. The molecule has 0 atom stereocenters. The quantitative estimate of drug-likeness (QED) is 0.904. The van der Waals surface area contributed by atoms with Crippen LogP contribution in [0.25, 0.3) is 0 Å². The Morgan fingerprint density at radius 1 is 1.17 bits per heavy atom. The largest absolute Gasteiger partial charge is 0.369 e. The summed E-state index contributed by atoms with van der Waals surface area (Å²) < 4.78 is 0. The van der Waals surface area contributed by atoms with E-state index in [1.165, 1.54) is 19.3 Å². The molecule has 0 unspecified atom stereocenters. The maximum atomic E-state index is 12.4. The number of carbonyl (C=O) groups is 1. The molecule has 1 aromatic carbocycles. The van der Waals surface area contributed by atoms with Crippen molar-refractivity contribution in [3.63, 3.8) is 0 Å². The Labute approximate surface area is 148 Å². The summed E-state index contributed by atoms with van der Waals surface area (Å²) in [4.78, 5) is 14.6. The zero-order chi connectivity index (χ0) is 16.9. The summed E-state index contributed by atoms with van der Waals surface area (Å²) in [6.45, 7) is 1.63. The van der Waals surface area contributed by atoms with Crippen molar-refractivity contribution in [1.29, 1.82) is 5.26 Å².